The van der Waals surface area contributed by atoms with Crippen LogP contribution in [0.2, 0.25) is 0 Å². The largest absolute Gasteiger partial charge is 0.510 e. The standard InChI is InChI=1S/C23H23N3O3S/c1-2-3-6-13-29-23(28)15-9-11-16(12-10-15)26-14-18(27)20(21(26)24)22-25-17-7-4-5-8-19(17)30-22/h4-5,7-12,24,27H,2-3,6,13-14H2,1H3. The summed E-state index contributed by atoms with van der Waals surface area (Å²) in [4.78, 5) is 18.4. The van der Waals surface area contributed by atoms with E-state index < -0.39 is 0 Å². The van der Waals surface area contributed by atoms with Crippen LogP contribution >= 0.6 is 11.3 Å². The summed E-state index contributed by atoms with van der Waals surface area (Å²) in [6, 6.07) is 14.7. The van der Waals surface area contributed by atoms with Crippen molar-refractivity contribution in [2.45, 2.75) is 26.2 Å². The molecule has 1 aliphatic heterocycles. The summed E-state index contributed by atoms with van der Waals surface area (Å²) in [7, 11) is 0. The molecule has 6 nitrogen and oxygen atoms in total. The van der Waals surface area contributed by atoms with Crippen molar-refractivity contribution in [1.29, 1.82) is 5.41 Å². The van der Waals surface area contributed by atoms with Crippen LogP contribution in [0.4, 0.5) is 5.69 Å². The van der Waals surface area contributed by atoms with Gasteiger partial charge in [0.2, 0.25) is 0 Å². The first-order valence-electron chi connectivity index (χ1n) is 10.00. The Hall–Kier alpha value is -3.19. The zero-order valence-electron chi connectivity index (χ0n) is 16.7. The molecule has 0 saturated heterocycles. The van der Waals surface area contributed by atoms with Crippen molar-refractivity contribution in [3.63, 3.8) is 0 Å². The Morgan fingerprint density at radius 3 is 2.70 bits per heavy atom. The normalized spacial score (nSPS) is 14.0. The van der Waals surface area contributed by atoms with Gasteiger partial charge in [-0.05, 0) is 42.8 Å². The predicted octanol–water partition coefficient (Wildman–Crippen LogP) is 5.41. The number of para-hydroxylation sites is 1. The molecule has 0 radical (unpaired) electrons. The van der Waals surface area contributed by atoms with Crippen molar-refractivity contribution in [2.24, 2.45) is 0 Å². The molecule has 154 valence electrons. The lowest BCUT2D eigenvalue weighted by Gasteiger charge is -2.18. The molecule has 0 unspecified atom stereocenters. The van der Waals surface area contributed by atoms with Crippen molar-refractivity contribution in [3.05, 3.63) is 64.9 Å². The fourth-order valence-electron chi connectivity index (χ4n) is 3.38. The molecule has 2 heterocycles. The number of thiazole rings is 1. The van der Waals surface area contributed by atoms with Crippen molar-refractivity contribution < 1.29 is 14.6 Å². The number of amidine groups is 1. The summed E-state index contributed by atoms with van der Waals surface area (Å²) in [5.74, 6) is -0.0230. The highest BCUT2D eigenvalue weighted by Gasteiger charge is 2.31. The number of aromatic nitrogens is 1. The molecule has 0 bridgehead atoms. The number of nitrogens with zero attached hydrogens (tertiary/aromatic N) is 2. The molecule has 0 saturated carbocycles. The number of hydrogen-bond acceptors (Lipinski definition) is 6. The minimum absolute atomic E-state index is 0.124. The Labute approximate surface area is 178 Å². The van der Waals surface area contributed by atoms with Gasteiger partial charge in [0.25, 0.3) is 0 Å². The van der Waals surface area contributed by atoms with E-state index in [-0.39, 0.29) is 24.1 Å². The van der Waals surface area contributed by atoms with Crippen LogP contribution in [-0.2, 0) is 4.74 Å². The third-order valence-corrected chi connectivity index (χ3v) is 6.06. The molecule has 1 aliphatic rings. The molecule has 0 fully saturated rings. The highest BCUT2D eigenvalue weighted by Crippen LogP contribution is 2.35. The molecule has 30 heavy (non-hydrogen) atoms. The third kappa shape index (κ3) is 3.93. The van der Waals surface area contributed by atoms with Crippen LogP contribution in [0.15, 0.2) is 54.3 Å². The molecule has 7 heteroatoms. The van der Waals surface area contributed by atoms with Crippen LogP contribution in [0.25, 0.3) is 15.8 Å². The molecular formula is C23H23N3O3S. The fourth-order valence-corrected chi connectivity index (χ4v) is 4.42. The Balaban J connectivity index is 1.48. The molecule has 1 aromatic heterocycles. The minimum atomic E-state index is -0.342. The van der Waals surface area contributed by atoms with Gasteiger partial charge < -0.3 is 14.7 Å². The Kier molecular flexibility index (Phi) is 5.81. The summed E-state index contributed by atoms with van der Waals surface area (Å²) in [6.07, 6.45) is 2.98. The molecule has 4 rings (SSSR count). The van der Waals surface area contributed by atoms with E-state index in [0.717, 1.165) is 35.2 Å². The number of aliphatic hydroxyl groups excluding tert-OH is 1. The van der Waals surface area contributed by atoms with Gasteiger partial charge in [-0.1, -0.05) is 31.9 Å². The number of carbonyl (C=O) groups excluding carboxylic acids is 1. The Morgan fingerprint density at radius 2 is 1.97 bits per heavy atom. The lowest BCUT2D eigenvalue weighted by atomic mass is 10.2. The first-order valence-corrected chi connectivity index (χ1v) is 10.8. The van der Waals surface area contributed by atoms with Gasteiger partial charge in [-0.3, -0.25) is 5.41 Å². The maximum Gasteiger partial charge on any atom is 0.338 e. The van der Waals surface area contributed by atoms with Gasteiger partial charge in [0.15, 0.2) is 0 Å². The van der Waals surface area contributed by atoms with Gasteiger partial charge in [0, 0.05) is 5.69 Å². The maximum atomic E-state index is 12.1. The highest BCUT2D eigenvalue weighted by atomic mass is 32.1. The average molecular weight is 422 g/mol. The summed E-state index contributed by atoms with van der Waals surface area (Å²) in [5, 5.41) is 19.8. The van der Waals surface area contributed by atoms with Crippen LogP contribution < -0.4 is 4.90 Å². The van der Waals surface area contributed by atoms with E-state index in [1.807, 2.05) is 24.3 Å². The van der Waals surface area contributed by atoms with E-state index >= 15 is 0 Å². The molecule has 0 atom stereocenters. The summed E-state index contributed by atoms with van der Waals surface area (Å²) >= 11 is 1.46. The van der Waals surface area contributed by atoms with Gasteiger partial charge in [0.1, 0.15) is 16.6 Å². The van der Waals surface area contributed by atoms with E-state index in [2.05, 4.69) is 11.9 Å². The first-order chi connectivity index (χ1) is 14.6. The lowest BCUT2D eigenvalue weighted by Crippen LogP contribution is -2.26. The number of aliphatic hydroxyl groups is 1. The second-order valence-corrected chi connectivity index (χ2v) is 8.16. The van der Waals surface area contributed by atoms with Crippen LogP contribution in [0, 0.1) is 5.41 Å². The van der Waals surface area contributed by atoms with Gasteiger partial charge in [-0.2, -0.15) is 0 Å². The van der Waals surface area contributed by atoms with E-state index in [1.165, 1.54) is 11.3 Å². The Bertz CT molecular complexity index is 1090. The number of carbonyl (C=O) groups is 1. The van der Waals surface area contributed by atoms with Gasteiger partial charge in [-0.15, -0.1) is 11.3 Å². The lowest BCUT2D eigenvalue weighted by molar-refractivity contribution is 0.0498. The number of esters is 1. The van der Waals surface area contributed by atoms with Gasteiger partial charge in [-0.25, -0.2) is 9.78 Å². The number of unbranched alkanes of at least 4 members (excludes halogenated alkanes) is 2. The van der Waals surface area contributed by atoms with Gasteiger partial charge in [0.05, 0.1) is 34.5 Å². The van der Waals surface area contributed by atoms with Crippen LogP contribution in [-0.4, -0.2) is 35.0 Å². The average Bonchev–Trinajstić information content (AvgIpc) is 3.31. The van der Waals surface area contributed by atoms with E-state index in [4.69, 9.17) is 10.1 Å². The molecule has 3 aromatic rings. The molecule has 0 spiro atoms. The quantitative estimate of drug-likeness (QED) is 0.393. The number of nitrogens with one attached hydrogen (secondary N) is 1. The molecule has 2 aromatic carbocycles. The van der Waals surface area contributed by atoms with Gasteiger partial charge >= 0.3 is 5.97 Å². The highest BCUT2D eigenvalue weighted by molar-refractivity contribution is 7.19. The maximum absolute atomic E-state index is 12.1. The smallest absolute Gasteiger partial charge is 0.338 e. The van der Waals surface area contributed by atoms with E-state index in [9.17, 15) is 9.90 Å². The molecule has 0 aliphatic carbocycles. The predicted molar refractivity (Wildman–Crippen MR) is 120 cm³/mol. The molecule has 2 N–H and O–H groups in total. The van der Waals surface area contributed by atoms with Crippen LogP contribution in [0.1, 0.15) is 41.6 Å². The molecule has 0 amide bonds. The van der Waals surface area contributed by atoms with Crippen molar-refractivity contribution in [3.8, 4) is 0 Å². The second kappa shape index (κ2) is 8.67. The van der Waals surface area contributed by atoms with Crippen molar-refractivity contribution in [2.75, 3.05) is 18.1 Å². The fraction of sp³-hybridized carbons (Fsp3) is 0.261. The monoisotopic (exact) mass is 421 g/mol. The SMILES string of the molecule is CCCCCOC(=O)c1ccc(N2CC(O)=C(c3nc4ccccc4s3)C2=N)cc1. The van der Waals surface area contributed by atoms with Crippen LogP contribution in [0.3, 0.4) is 0 Å². The van der Waals surface area contributed by atoms with Crippen molar-refractivity contribution in [1.82, 2.24) is 4.98 Å². The van der Waals surface area contributed by atoms with Crippen molar-refractivity contribution >= 4 is 44.6 Å². The first kappa shape index (κ1) is 20.1. The third-order valence-electron chi connectivity index (χ3n) is 5.01. The zero-order valence-corrected chi connectivity index (χ0v) is 17.5. The number of rotatable bonds is 7. The zero-order chi connectivity index (χ0) is 21.1. The summed E-state index contributed by atoms with van der Waals surface area (Å²) in [6.45, 7) is 2.73. The molecular weight excluding hydrogens is 398 g/mol. The Morgan fingerprint density at radius 1 is 1.20 bits per heavy atom. The summed E-state index contributed by atoms with van der Waals surface area (Å²) < 4.78 is 6.30. The summed E-state index contributed by atoms with van der Waals surface area (Å²) in [5.41, 5.74) is 2.51. The second-order valence-electron chi connectivity index (χ2n) is 7.13. The number of ether oxygens (including phenoxy) is 1. The van der Waals surface area contributed by atoms with E-state index in [0.29, 0.717) is 22.8 Å². The number of fused-ring (bicyclic) bond motifs is 1. The van der Waals surface area contributed by atoms with E-state index in [1.54, 1.807) is 29.2 Å². The number of anilines is 1. The minimum Gasteiger partial charge on any atom is -0.510 e. The number of benzene rings is 2. The number of hydrogen-bond donors (Lipinski definition) is 2. The van der Waals surface area contributed by atoms with Crippen LogP contribution in [0.5, 0.6) is 0 Å². The topological polar surface area (TPSA) is 86.5 Å².